The first-order valence-electron chi connectivity index (χ1n) is 11.1. The van der Waals surface area contributed by atoms with E-state index in [9.17, 15) is 4.79 Å². The van der Waals surface area contributed by atoms with Crippen molar-refractivity contribution in [1.29, 1.82) is 0 Å². The molecule has 33 heavy (non-hydrogen) atoms. The number of carbonyl (C=O) groups is 1. The maximum absolute atomic E-state index is 13.5. The summed E-state index contributed by atoms with van der Waals surface area (Å²) in [5.74, 6) is 0.658. The molecular formula is C24H25ClN6OS. The number of nitrogens with zero attached hydrogens (tertiary/aromatic N) is 5. The summed E-state index contributed by atoms with van der Waals surface area (Å²) in [4.78, 5) is 32.7. The number of nitrogen functional groups attached to an aromatic ring is 1. The topological polar surface area (TPSA) is 88.2 Å². The zero-order chi connectivity index (χ0) is 22.9. The third-order valence-corrected chi connectivity index (χ3v) is 7.36. The van der Waals surface area contributed by atoms with Crippen molar-refractivity contribution in [3.8, 4) is 0 Å². The van der Waals surface area contributed by atoms with Gasteiger partial charge in [0.25, 0.3) is 0 Å². The fourth-order valence-electron chi connectivity index (χ4n) is 4.48. The smallest absolute Gasteiger partial charge is 0.240 e. The van der Waals surface area contributed by atoms with Crippen LogP contribution in [0.2, 0.25) is 5.15 Å². The van der Waals surface area contributed by atoms with Crippen molar-refractivity contribution < 1.29 is 4.79 Å². The van der Waals surface area contributed by atoms with E-state index >= 15 is 0 Å². The average Bonchev–Trinajstić information content (AvgIpc) is 3.19. The van der Waals surface area contributed by atoms with Gasteiger partial charge in [0.05, 0.1) is 11.6 Å². The maximum atomic E-state index is 13.5. The quantitative estimate of drug-likeness (QED) is 0.409. The minimum atomic E-state index is -0.121. The van der Waals surface area contributed by atoms with E-state index in [0.717, 1.165) is 52.6 Å². The maximum Gasteiger partial charge on any atom is 0.240 e. The van der Waals surface area contributed by atoms with Crippen LogP contribution in [0.15, 0.2) is 42.7 Å². The van der Waals surface area contributed by atoms with Gasteiger partial charge in [-0.3, -0.25) is 9.69 Å². The summed E-state index contributed by atoms with van der Waals surface area (Å²) in [7, 11) is 0. The number of carbonyl (C=O) groups excluding carboxylic acids is 1. The number of amides is 1. The van der Waals surface area contributed by atoms with E-state index in [1.807, 2.05) is 35.2 Å². The van der Waals surface area contributed by atoms with Crippen LogP contribution in [0.25, 0.3) is 21.1 Å². The SMILES string of the molecule is CCCC1C(=O)N(Cc2ccc3c(N)ncnc3c2)CCN1Cc1cc2ccc(Cl)nc2s1. The van der Waals surface area contributed by atoms with Gasteiger partial charge in [0, 0.05) is 41.8 Å². The molecule has 1 fully saturated rings. The number of benzene rings is 1. The predicted octanol–water partition coefficient (Wildman–Crippen LogP) is 4.49. The Balaban J connectivity index is 1.33. The molecule has 1 aliphatic rings. The lowest BCUT2D eigenvalue weighted by atomic mass is 10.0. The lowest BCUT2D eigenvalue weighted by Crippen LogP contribution is -2.56. The van der Waals surface area contributed by atoms with Crippen LogP contribution in [-0.4, -0.2) is 49.8 Å². The average molecular weight is 481 g/mol. The van der Waals surface area contributed by atoms with E-state index in [1.54, 1.807) is 11.3 Å². The Kier molecular flexibility index (Phi) is 6.14. The van der Waals surface area contributed by atoms with Gasteiger partial charge in [-0.15, -0.1) is 11.3 Å². The van der Waals surface area contributed by atoms with Gasteiger partial charge in [-0.05, 0) is 42.3 Å². The van der Waals surface area contributed by atoms with E-state index in [0.29, 0.717) is 24.1 Å². The number of hydrogen-bond acceptors (Lipinski definition) is 7. The molecule has 1 amide bonds. The highest BCUT2D eigenvalue weighted by Gasteiger charge is 2.34. The molecule has 9 heteroatoms. The van der Waals surface area contributed by atoms with E-state index < -0.39 is 0 Å². The highest BCUT2D eigenvalue weighted by molar-refractivity contribution is 7.18. The Labute approximate surface area is 201 Å². The van der Waals surface area contributed by atoms with E-state index in [-0.39, 0.29) is 11.9 Å². The number of piperazine rings is 1. The predicted molar refractivity (Wildman–Crippen MR) is 133 cm³/mol. The summed E-state index contributed by atoms with van der Waals surface area (Å²) in [5, 5.41) is 2.43. The van der Waals surface area contributed by atoms with Crippen molar-refractivity contribution in [2.75, 3.05) is 18.8 Å². The highest BCUT2D eigenvalue weighted by atomic mass is 35.5. The fraction of sp³-hybridized carbons (Fsp3) is 0.333. The molecule has 7 nitrogen and oxygen atoms in total. The number of pyridine rings is 1. The normalized spacial score (nSPS) is 17.3. The van der Waals surface area contributed by atoms with Crippen molar-refractivity contribution in [2.24, 2.45) is 0 Å². The number of aromatic nitrogens is 3. The summed E-state index contributed by atoms with van der Waals surface area (Å²) in [5.41, 5.74) is 7.79. The zero-order valence-corrected chi connectivity index (χ0v) is 19.9. The van der Waals surface area contributed by atoms with Gasteiger partial charge in [0.15, 0.2) is 0 Å². The third-order valence-electron chi connectivity index (χ3n) is 6.12. The Morgan fingerprint density at radius 1 is 1.15 bits per heavy atom. The van der Waals surface area contributed by atoms with Crippen LogP contribution in [0.1, 0.15) is 30.2 Å². The Hall–Kier alpha value is -2.81. The first-order chi connectivity index (χ1) is 16.0. The van der Waals surface area contributed by atoms with Crippen LogP contribution in [0.4, 0.5) is 5.82 Å². The molecule has 1 atom stereocenters. The molecule has 5 rings (SSSR count). The lowest BCUT2D eigenvalue weighted by molar-refractivity contribution is -0.143. The summed E-state index contributed by atoms with van der Waals surface area (Å²) in [6, 6.07) is 11.8. The third kappa shape index (κ3) is 4.51. The van der Waals surface area contributed by atoms with Gasteiger partial charge in [0.1, 0.15) is 22.1 Å². The van der Waals surface area contributed by atoms with Gasteiger partial charge >= 0.3 is 0 Å². The minimum absolute atomic E-state index is 0.121. The summed E-state index contributed by atoms with van der Waals surface area (Å²) in [6.07, 6.45) is 3.27. The van der Waals surface area contributed by atoms with E-state index in [4.69, 9.17) is 17.3 Å². The highest BCUT2D eigenvalue weighted by Crippen LogP contribution is 2.29. The molecule has 4 heterocycles. The first kappa shape index (κ1) is 22.0. The van der Waals surface area contributed by atoms with Crippen molar-refractivity contribution in [1.82, 2.24) is 24.8 Å². The molecule has 0 saturated carbocycles. The first-order valence-corrected chi connectivity index (χ1v) is 12.3. The van der Waals surface area contributed by atoms with Crippen molar-refractivity contribution in [2.45, 2.75) is 38.9 Å². The van der Waals surface area contributed by atoms with Gasteiger partial charge < -0.3 is 10.6 Å². The monoisotopic (exact) mass is 480 g/mol. The molecule has 4 aromatic rings. The molecule has 1 aliphatic heterocycles. The molecule has 1 aromatic carbocycles. The minimum Gasteiger partial charge on any atom is -0.383 e. The molecule has 0 bridgehead atoms. The number of rotatable bonds is 6. The van der Waals surface area contributed by atoms with Crippen LogP contribution in [0.5, 0.6) is 0 Å². The van der Waals surface area contributed by atoms with Gasteiger partial charge in [-0.1, -0.05) is 31.0 Å². The molecule has 2 N–H and O–H groups in total. The number of hydrogen-bond donors (Lipinski definition) is 1. The van der Waals surface area contributed by atoms with Crippen LogP contribution in [-0.2, 0) is 17.9 Å². The van der Waals surface area contributed by atoms with Crippen LogP contribution >= 0.6 is 22.9 Å². The Morgan fingerprint density at radius 3 is 2.88 bits per heavy atom. The summed E-state index contributed by atoms with van der Waals surface area (Å²) in [6.45, 7) is 4.97. The number of nitrogens with two attached hydrogens (primary N) is 1. The molecule has 1 unspecified atom stereocenters. The molecule has 0 aliphatic carbocycles. The second-order valence-corrected chi connectivity index (χ2v) is 9.89. The molecular weight excluding hydrogens is 456 g/mol. The van der Waals surface area contributed by atoms with E-state index in [2.05, 4.69) is 32.8 Å². The number of anilines is 1. The fourth-order valence-corrected chi connectivity index (χ4v) is 5.73. The van der Waals surface area contributed by atoms with Crippen molar-refractivity contribution >= 4 is 55.8 Å². The molecule has 170 valence electrons. The molecule has 1 saturated heterocycles. The Morgan fingerprint density at radius 2 is 2.03 bits per heavy atom. The van der Waals surface area contributed by atoms with Crippen LogP contribution in [0.3, 0.4) is 0 Å². The molecule has 3 aromatic heterocycles. The Bertz CT molecular complexity index is 1330. The standard InChI is InChI=1S/C24H25ClN6OS/c1-2-3-20-24(32)31(12-15-4-6-18-19(10-15)27-14-28-22(18)26)9-8-30(20)13-17-11-16-5-7-21(25)29-23(16)33-17/h4-7,10-11,14,20H,2-3,8-9,12-13H2,1H3,(H2,26,27,28). The zero-order valence-electron chi connectivity index (χ0n) is 18.4. The van der Waals surface area contributed by atoms with Crippen molar-refractivity contribution in [3.63, 3.8) is 0 Å². The molecule has 0 radical (unpaired) electrons. The van der Waals surface area contributed by atoms with Crippen LogP contribution in [0, 0.1) is 0 Å². The van der Waals surface area contributed by atoms with Crippen LogP contribution < -0.4 is 5.73 Å². The number of thiophene rings is 1. The van der Waals surface area contributed by atoms with E-state index in [1.165, 1.54) is 11.2 Å². The summed E-state index contributed by atoms with van der Waals surface area (Å²) < 4.78 is 0. The lowest BCUT2D eigenvalue weighted by Gasteiger charge is -2.40. The van der Waals surface area contributed by atoms with Crippen molar-refractivity contribution in [3.05, 3.63) is 58.3 Å². The van der Waals surface area contributed by atoms with Gasteiger partial charge in [0.2, 0.25) is 5.91 Å². The number of fused-ring (bicyclic) bond motifs is 2. The molecule has 0 spiro atoms. The van der Waals surface area contributed by atoms with Gasteiger partial charge in [-0.2, -0.15) is 0 Å². The summed E-state index contributed by atoms with van der Waals surface area (Å²) >= 11 is 7.70. The second kappa shape index (κ2) is 9.21. The number of halogens is 1. The largest absolute Gasteiger partial charge is 0.383 e. The van der Waals surface area contributed by atoms with Gasteiger partial charge in [-0.25, -0.2) is 15.0 Å². The second-order valence-electron chi connectivity index (χ2n) is 8.39.